The zero-order valence-corrected chi connectivity index (χ0v) is 12.6. The molecule has 4 heteroatoms. The molecule has 1 atom stereocenters. The van der Waals surface area contributed by atoms with Gasteiger partial charge in [-0.2, -0.15) is 0 Å². The van der Waals surface area contributed by atoms with Crippen molar-refractivity contribution in [1.29, 1.82) is 0 Å². The molecule has 4 nitrogen and oxygen atoms in total. The van der Waals surface area contributed by atoms with E-state index in [9.17, 15) is 4.79 Å². The molecule has 1 aromatic carbocycles. The summed E-state index contributed by atoms with van der Waals surface area (Å²) in [4.78, 5) is 14.4. The van der Waals surface area contributed by atoms with Gasteiger partial charge in [0.1, 0.15) is 5.75 Å². The van der Waals surface area contributed by atoms with Gasteiger partial charge in [-0.1, -0.05) is 12.1 Å². The number of nitrogens with zero attached hydrogens (tertiary/aromatic N) is 1. The van der Waals surface area contributed by atoms with Crippen LogP contribution >= 0.6 is 0 Å². The van der Waals surface area contributed by atoms with E-state index in [2.05, 4.69) is 12.1 Å². The molecule has 2 heterocycles. The SMILES string of the molecule is COc1ccc(C2CCN(C(=O)C3CCOC3)CC2)cc1. The lowest BCUT2D eigenvalue weighted by Gasteiger charge is -2.33. The van der Waals surface area contributed by atoms with E-state index in [4.69, 9.17) is 9.47 Å². The summed E-state index contributed by atoms with van der Waals surface area (Å²) in [5.74, 6) is 1.84. The molecule has 21 heavy (non-hydrogen) atoms. The molecule has 2 aliphatic heterocycles. The third-order valence-electron chi connectivity index (χ3n) is 4.67. The van der Waals surface area contributed by atoms with Crippen LogP contribution in [0, 0.1) is 5.92 Å². The Morgan fingerprint density at radius 3 is 2.48 bits per heavy atom. The van der Waals surface area contributed by atoms with Crippen LogP contribution in [-0.2, 0) is 9.53 Å². The zero-order valence-electron chi connectivity index (χ0n) is 12.6. The van der Waals surface area contributed by atoms with Gasteiger partial charge in [0.25, 0.3) is 0 Å². The highest BCUT2D eigenvalue weighted by Crippen LogP contribution is 2.30. The number of carbonyl (C=O) groups is 1. The molecule has 0 saturated carbocycles. The fraction of sp³-hybridized carbons (Fsp3) is 0.588. The van der Waals surface area contributed by atoms with Crippen LogP contribution in [0.5, 0.6) is 5.75 Å². The number of ether oxygens (including phenoxy) is 2. The Morgan fingerprint density at radius 1 is 1.19 bits per heavy atom. The number of likely N-dealkylation sites (tertiary alicyclic amines) is 1. The van der Waals surface area contributed by atoms with Crippen LogP contribution in [0.15, 0.2) is 24.3 Å². The Morgan fingerprint density at radius 2 is 1.90 bits per heavy atom. The molecule has 2 fully saturated rings. The van der Waals surface area contributed by atoms with Crippen molar-refractivity contribution in [3.8, 4) is 5.75 Å². The van der Waals surface area contributed by atoms with Gasteiger partial charge < -0.3 is 14.4 Å². The van der Waals surface area contributed by atoms with Crippen molar-refractivity contribution in [1.82, 2.24) is 4.90 Å². The topological polar surface area (TPSA) is 38.8 Å². The van der Waals surface area contributed by atoms with Gasteiger partial charge in [-0.25, -0.2) is 0 Å². The van der Waals surface area contributed by atoms with Gasteiger partial charge in [0, 0.05) is 19.7 Å². The van der Waals surface area contributed by atoms with E-state index >= 15 is 0 Å². The average molecular weight is 289 g/mol. The maximum Gasteiger partial charge on any atom is 0.228 e. The number of amides is 1. The minimum Gasteiger partial charge on any atom is -0.497 e. The maximum atomic E-state index is 12.4. The van der Waals surface area contributed by atoms with Crippen molar-refractivity contribution in [2.75, 3.05) is 33.4 Å². The second-order valence-electron chi connectivity index (χ2n) is 5.93. The van der Waals surface area contributed by atoms with Crippen molar-refractivity contribution >= 4 is 5.91 Å². The van der Waals surface area contributed by atoms with Gasteiger partial charge in [0.2, 0.25) is 5.91 Å². The molecule has 1 unspecified atom stereocenters. The molecule has 0 bridgehead atoms. The summed E-state index contributed by atoms with van der Waals surface area (Å²) >= 11 is 0. The number of rotatable bonds is 3. The van der Waals surface area contributed by atoms with E-state index in [1.165, 1.54) is 5.56 Å². The molecule has 114 valence electrons. The zero-order chi connectivity index (χ0) is 14.7. The van der Waals surface area contributed by atoms with E-state index in [1.807, 2.05) is 17.0 Å². The Labute approximate surface area is 126 Å². The number of piperidine rings is 1. The molecule has 0 aliphatic carbocycles. The lowest BCUT2D eigenvalue weighted by molar-refractivity contribution is -0.136. The van der Waals surface area contributed by atoms with Crippen molar-refractivity contribution < 1.29 is 14.3 Å². The first-order chi connectivity index (χ1) is 10.3. The van der Waals surface area contributed by atoms with Crippen LogP contribution in [-0.4, -0.2) is 44.2 Å². The molecular weight excluding hydrogens is 266 g/mol. The first-order valence-corrected chi connectivity index (χ1v) is 7.78. The first kappa shape index (κ1) is 14.4. The van der Waals surface area contributed by atoms with Crippen LogP contribution in [0.2, 0.25) is 0 Å². The Hall–Kier alpha value is -1.55. The highest BCUT2D eigenvalue weighted by atomic mass is 16.5. The van der Waals surface area contributed by atoms with Gasteiger partial charge in [-0.05, 0) is 42.9 Å². The van der Waals surface area contributed by atoms with Crippen LogP contribution < -0.4 is 4.74 Å². The van der Waals surface area contributed by atoms with E-state index in [0.717, 1.165) is 44.7 Å². The lowest BCUT2D eigenvalue weighted by Crippen LogP contribution is -2.41. The highest BCUT2D eigenvalue weighted by molar-refractivity contribution is 5.79. The number of benzene rings is 1. The van der Waals surface area contributed by atoms with E-state index < -0.39 is 0 Å². The predicted molar refractivity (Wildman–Crippen MR) is 80.5 cm³/mol. The van der Waals surface area contributed by atoms with Gasteiger partial charge in [-0.3, -0.25) is 4.79 Å². The Balaban J connectivity index is 1.55. The monoisotopic (exact) mass is 289 g/mol. The van der Waals surface area contributed by atoms with Crippen LogP contribution in [0.1, 0.15) is 30.7 Å². The second kappa shape index (κ2) is 6.48. The molecular formula is C17H23NO3. The predicted octanol–water partition coefficient (Wildman–Crippen LogP) is 2.44. The van der Waals surface area contributed by atoms with Crippen LogP contribution in [0.3, 0.4) is 0 Å². The fourth-order valence-corrected chi connectivity index (χ4v) is 3.30. The highest BCUT2D eigenvalue weighted by Gasteiger charge is 2.30. The van der Waals surface area contributed by atoms with Gasteiger partial charge in [0.05, 0.1) is 19.6 Å². The largest absolute Gasteiger partial charge is 0.497 e. The van der Waals surface area contributed by atoms with Crippen LogP contribution in [0.4, 0.5) is 0 Å². The maximum absolute atomic E-state index is 12.4. The molecule has 2 saturated heterocycles. The third kappa shape index (κ3) is 3.21. The summed E-state index contributed by atoms with van der Waals surface area (Å²) < 4.78 is 10.5. The quantitative estimate of drug-likeness (QED) is 0.858. The lowest BCUT2D eigenvalue weighted by atomic mass is 9.89. The normalized spacial score (nSPS) is 23.3. The molecule has 3 rings (SSSR count). The van der Waals surface area contributed by atoms with Gasteiger partial charge in [-0.15, -0.1) is 0 Å². The summed E-state index contributed by atoms with van der Waals surface area (Å²) in [5.41, 5.74) is 1.35. The summed E-state index contributed by atoms with van der Waals surface area (Å²) in [7, 11) is 1.69. The summed E-state index contributed by atoms with van der Waals surface area (Å²) in [6, 6.07) is 8.32. The molecule has 0 aromatic heterocycles. The average Bonchev–Trinajstić information content (AvgIpc) is 3.09. The van der Waals surface area contributed by atoms with Crippen molar-refractivity contribution in [3.63, 3.8) is 0 Å². The fourth-order valence-electron chi connectivity index (χ4n) is 3.30. The van der Waals surface area contributed by atoms with E-state index in [1.54, 1.807) is 7.11 Å². The third-order valence-corrected chi connectivity index (χ3v) is 4.67. The molecule has 1 aromatic rings. The molecule has 0 spiro atoms. The van der Waals surface area contributed by atoms with Gasteiger partial charge in [0.15, 0.2) is 0 Å². The Kier molecular flexibility index (Phi) is 4.44. The minimum absolute atomic E-state index is 0.0996. The standard InChI is InChI=1S/C17H23NO3/c1-20-16-4-2-13(3-5-16)14-6-9-18(10-7-14)17(19)15-8-11-21-12-15/h2-5,14-15H,6-12H2,1H3. The first-order valence-electron chi connectivity index (χ1n) is 7.78. The Bertz CT molecular complexity index is 471. The smallest absolute Gasteiger partial charge is 0.228 e. The molecule has 1 amide bonds. The molecule has 0 radical (unpaired) electrons. The molecule has 2 aliphatic rings. The number of methoxy groups -OCH3 is 1. The van der Waals surface area contributed by atoms with Crippen molar-refractivity contribution in [2.24, 2.45) is 5.92 Å². The van der Waals surface area contributed by atoms with Gasteiger partial charge >= 0.3 is 0 Å². The van der Waals surface area contributed by atoms with E-state index in [-0.39, 0.29) is 5.92 Å². The summed E-state index contributed by atoms with van der Waals surface area (Å²) in [6.45, 7) is 3.08. The van der Waals surface area contributed by atoms with Crippen molar-refractivity contribution in [2.45, 2.75) is 25.2 Å². The number of carbonyl (C=O) groups excluding carboxylic acids is 1. The summed E-state index contributed by atoms with van der Waals surface area (Å²) in [5, 5.41) is 0. The second-order valence-corrected chi connectivity index (χ2v) is 5.93. The minimum atomic E-state index is 0.0996. The number of hydrogen-bond acceptors (Lipinski definition) is 3. The number of hydrogen-bond donors (Lipinski definition) is 0. The molecule has 0 N–H and O–H groups in total. The van der Waals surface area contributed by atoms with Crippen molar-refractivity contribution in [3.05, 3.63) is 29.8 Å². The van der Waals surface area contributed by atoms with E-state index in [0.29, 0.717) is 18.4 Å². The summed E-state index contributed by atoms with van der Waals surface area (Å²) in [6.07, 6.45) is 2.98. The van der Waals surface area contributed by atoms with Crippen LogP contribution in [0.25, 0.3) is 0 Å².